The third-order valence-electron chi connectivity index (χ3n) is 2.07. The SMILES string of the molecule is CCC(C)(CO)Nc1nc(C)no1. The summed E-state index contributed by atoms with van der Waals surface area (Å²) >= 11 is 0. The second-order valence-electron chi connectivity index (χ2n) is 3.34. The molecule has 0 saturated carbocycles. The molecule has 1 atom stereocenters. The topological polar surface area (TPSA) is 71.2 Å². The van der Waals surface area contributed by atoms with Gasteiger partial charge in [0.05, 0.1) is 12.1 Å². The van der Waals surface area contributed by atoms with Crippen molar-refractivity contribution >= 4 is 6.01 Å². The molecule has 0 radical (unpaired) electrons. The molecule has 1 rings (SSSR count). The van der Waals surface area contributed by atoms with Crippen LogP contribution >= 0.6 is 0 Å². The third kappa shape index (κ3) is 2.42. The Morgan fingerprint density at radius 1 is 1.62 bits per heavy atom. The van der Waals surface area contributed by atoms with Gasteiger partial charge < -0.3 is 14.9 Å². The van der Waals surface area contributed by atoms with Gasteiger partial charge in [0.25, 0.3) is 0 Å². The smallest absolute Gasteiger partial charge is 0.321 e. The Bertz CT molecular complexity index is 268. The zero-order chi connectivity index (χ0) is 9.90. The molecular weight excluding hydrogens is 170 g/mol. The molecule has 74 valence electrons. The number of hydrogen-bond acceptors (Lipinski definition) is 5. The summed E-state index contributed by atoms with van der Waals surface area (Å²) in [7, 11) is 0. The quantitative estimate of drug-likeness (QED) is 0.730. The van der Waals surface area contributed by atoms with E-state index in [0.29, 0.717) is 11.8 Å². The van der Waals surface area contributed by atoms with Crippen molar-refractivity contribution in [2.75, 3.05) is 11.9 Å². The summed E-state index contributed by atoms with van der Waals surface area (Å²) in [5.41, 5.74) is -0.390. The van der Waals surface area contributed by atoms with E-state index in [0.717, 1.165) is 6.42 Å². The highest BCUT2D eigenvalue weighted by Crippen LogP contribution is 2.15. The summed E-state index contributed by atoms with van der Waals surface area (Å²) in [6.45, 7) is 5.65. The van der Waals surface area contributed by atoms with Crippen LogP contribution in [0.1, 0.15) is 26.1 Å². The van der Waals surface area contributed by atoms with Crippen molar-refractivity contribution in [2.24, 2.45) is 0 Å². The average molecular weight is 185 g/mol. The van der Waals surface area contributed by atoms with Crippen LogP contribution in [0.4, 0.5) is 6.01 Å². The molecule has 0 aliphatic rings. The van der Waals surface area contributed by atoms with Gasteiger partial charge in [-0.25, -0.2) is 0 Å². The molecule has 1 aromatic rings. The number of aryl methyl sites for hydroxylation is 1. The fourth-order valence-electron chi connectivity index (χ4n) is 0.846. The highest BCUT2D eigenvalue weighted by molar-refractivity contribution is 5.23. The minimum atomic E-state index is -0.390. The van der Waals surface area contributed by atoms with Gasteiger partial charge in [0.2, 0.25) is 0 Å². The van der Waals surface area contributed by atoms with Crippen LogP contribution in [0, 0.1) is 6.92 Å². The minimum absolute atomic E-state index is 0.0327. The van der Waals surface area contributed by atoms with E-state index in [2.05, 4.69) is 15.5 Å². The van der Waals surface area contributed by atoms with Gasteiger partial charge in [0.15, 0.2) is 5.82 Å². The van der Waals surface area contributed by atoms with E-state index in [1.54, 1.807) is 6.92 Å². The Hall–Kier alpha value is -1.10. The van der Waals surface area contributed by atoms with Crippen LogP contribution in [0.3, 0.4) is 0 Å². The first-order valence-electron chi connectivity index (χ1n) is 4.29. The zero-order valence-electron chi connectivity index (χ0n) is 8.16. The Morgan fingerprint density at radius 3 is 2.69 bits per heavy atom. The Labute approximate surface area is 77.2 Å². The maximum Gasteiger partial charge on any atom is 0.321 e. The zero-order valence-corrected chi connectivity index (χ0v) is 8.16. The molecule has 13 heavy (non-hydrogen) atoms. The van der Waals surface area contributed by atoms with Crippen LogP contribution in [0.5, 0.6) is 0 Å². The lowest BCUT2D eigenvalue weighted by Crippen LogP contribution is -2.38. The van der Waals surface area contributed by atoms with Crippen molar-refractivity contribution in [1.82, 2.24) is 10.1 Å². The maximum absolute atomic E-state index is 9.10. The molecule has 5 heteroatoms. The number of hydrogen-bond donors (Lipinski definition) is 2. The van der Waals surface area contributed by atoms with Gasteiger partial charge in [-0.3, -0.25) is 0 Å². The molecule has 1 heterocycles. The van der Waals surface area contributed by atoms with Gasteiger partial charge in [-0.05, 0) is 20.3 Å². The summed E-state index contributed by atoms with van der Waals surface area (Å²) < 4.78 is 4.88. The van der Waals surface area contributed by atoms with Crippen molar-refractivity contribution in [3.05, 3.63) is 5.82 Å². The first-order valence-corrected chi connectivity index (χ1v) is 4.29. The summed E-state index contributed by atoms with van der Waals surface area (Å²) in [5, 5.41) is 15.7. The molecule has 0 amide bonds. The fourth-order valence-corrected chi connectivity index (χ4v) is 0.846. The fraction of sp³-hybridized carbons (Fsp3) is 0.750. The van der Waals surface area contributed by atoms with Gasteiger partial charge in [-0.2, -0.15) is 4.98 Å². The van der Waals surface area contributed by atoms with Gasteiger partial charge in [0, 0.05) is 0 Å². The number of nitrogens with one attached hydrogen (secondary N) is 1. The first-order chi connectivity index (χ1) is 6.09. The summed E-state index contributed by atoms with van der Waals surface area (Å²) in [5.74, 6) is 0.582. The highest BCUT2D eigenvalue weighted by atomic mass is 16.5. The standard InChI is InChI=1S/C8H15N3O2/c1-4-8(3,5-12)10-7-9-6(2)11-13-7/h12H,4-5H2,1-3H3,(H,9,10,11). The lowest BCUT2D eigenvalue weighted by atomic mass is 10.0. The van der Waals surface area contributed by atoms with E-state index in [1.165, 1.54) is 0 Å². The maximum atomic E-state index is 9.10. The lowest BCUT2D eigenvalue weighted by Gasteiger charge is -2.25. The summed E-state index contributed by atoms with van der Waals surface area (Å²) in [6.07, 6.45) is 0.783. The van der Waals surface area contributed by atoms with Gasteiger partial charge in [0.1, 0.15) is 0 Å². The number of nitrogens with zero attached hydrogens (tertiary/aromatic N) is 2. The number of aliphatic hydroxyl groups is 1. The van der Waals surface area contributed by atoms with Crippen LogP contribution in [-0.2, 0) is 0 Å². The van der Waals surface area contributed by atoms with Crippen LogP contribution in [-0.4, -0.2) is 27.4 Å². The molecule has 1 unspecified atom stereocenters. The predicted molar refractivity (Wildman–Crippen MR) is 48.4 cm³/mol. The van der Waals surface area contributed by atoms with Crippen molar-refractivity contribution in [3.8, 4) is 0 Å². The largest absolute Gasteiger partial charge is 0.394 e. The summed E-state index contributed by atoms with van der Waals surface area (Å²) in [6, 6.07) is 0.357. The molecule has 2 N–H and O–H groups in total. The van der Waals surface area contributed by atoms with Crippen LogP contribution in [0.15, 0.2) is 4.52 Å². The average Bonchev–Trinajstić information content (AvgIpc) is 2.51. The van der Waals surface area contributed by atoms with E-state index < -0.39 is 0 Å². The second kappa shape index (κ2) is 3.74. The molecule has 0 aliphatic heterocycles. The van der Waals surface area contributed by atoms with Crippen LogP contribution in [0.2, 0.25) is 0 Å². The van der Waals surface area contributed by atoms with E-state index in [1.807, 2.05) is 13.8 Å². The molecule has 0 fully saturated rings. The molecule has 0 spiro atoms. The van der Waals surface area contributed by atoms with Crippen molar-refractivity contribution < 1.29 is 9.63 Å². The number of rotatable bonds is 4. The molecule has 1 aromatic heterocycles. The van der Waals surface area contributed by atoms with E-state index in [4.69, 9.17) is 9.63 Å². The van der Waals surface area contributed by atoms with Crippen LogP contribution in [0.25, 0.3) is 0 Å². The van der Waals surface area contributed by atoms with Crippen molar-refractivity contribution in [1.29, 1.82) is 0 Å². The number of aromatic nitrogens is 2. The van der Waals surface area contributed by atoms with Gasteiger partial charge >= 0.3 is 6.01 Å². The molecule has 5 nitrogen and oxygen atoms in total. The second-order valence-corrected chi connectivity index (χ2v) is 3.34. The van der Waals surface area contributed by atoms with E-state index in [9.17, 15) is 0 Å². The molecule has 0 bridgehead atoms. The van der Waals surface area contributed by atoms with Gasteiger partial charge in [-0.1, -0.05) is 12.1 Å². The molecule has 0 aliphatic carbocycles. The Morgan fingerprint density at radius 2 is 2.31 bits per heavy atom. The Balaban J connectivity index is 2.67. The minimum Gasteiger partial charge on any atom is -0.394 e. The number of anilines is 1. The molecule has 0 aromatic carbocycles. The molecule has 0 saturated heterocycles. The predicted octanol–water partition coefficient (Wildman–Crippen LogP) is 0.951. The van der Waals surface area contributed by atoms with Crippen molar-refractivity contribution in [2.45, 2.75) is 32.7 Å². The van der Waals surface area contributed by atoms with E-state index >= 15 is 0 Å². The van der Waals surface area contributed by atoms with E-state index in [-0.39, 0.29) is 12.1 Å². The highest BCUT2D eigenvalue weighted by Gasteiger charge is 2.22. The number of aliphatic hydroxyl groups excluding tert-OH is 1. The first kappa shape index (κ1) is 9.98. The third-order valence-corrected chi connectivity index (χ3v) is 2.07. The normalized spacial score (nSPS) is 15.4. The molecular formula is C8H15N3O2. The van der Waals surface area contributed by atoms with Crippen LogP contribution < -0.4 is 5.32 Å². The summed E-state index contributed by atoms with van der Waals surface area (Å²) in [4.78, 5) is 3.99. The Kier molecular flexibility index (Phi) is 2.87. The van der Waals surface area contributed by atoms with Crippen molar-refractivity contribution in [3.63, 3.8) is 0 Å². The lowest BCUT2D eigenvalue weighted by molar-refractivity contribution is 0.215. The van der Waals surface area contributed by atoms with Gasteiger partial charge in [-0.15, -0.1) is 0 Å². The monoisotopic (exact) mass is 185 g/mol.